The van der Waals surface area contributed by atoms with E-state index in [1.165, 1.54) is 0 Å². The van der Waals surface area contributed by atoms with Crippen molar-refractivity contribution >= 4 is 27.4 Å². The van der Waals surface area contributed by atoms with Gasteiger partial charge in [0.1, 0.15) is 5.82 Å². The minimum Gasteiger partial charge on any atom is -0.473 e. The Balaban J connectivity index is 2.76. The molecular formula is C11H16BrN3O. The van der Waals surface area contributed by atoms with Crippen LogP contribution in [0.3, 0.4) is 0 Å². The first-order chi connectivity index (χ1) is 7.49. The average molecular weight is 286 g/mol. The monoisotopic (exact) mass is 285 g/mol. The number of ether oxygens (including phenoxy) is 1. The highest BCUT2D eigenvalue weighted by Gasteiger charge is 2.06. The maximum Gasteiger partial charge on any atom is 0.239 e. The Morgan fingerprint density at radius 2 is 2.31 bits per heavy atom. The summed E-state index contributed by atoms with van der Waals surface area (Å²) >= 11 is 3.26. The molecule has 1 aromatic rings. The summed E-state index contributed by atoms with van der Waals surface area (Å²) in [6.07, 6.45) is 0.0520. The molecule has 0 radical (unpaired) electrons. The number of hydrogen-bond acceptors (Lipinski definition) is 4. The summed E-state index contributed by atoms with van der Waals surface area (Å²) in [5, 5.41) is 3.09. The molecule has 0 bridgehead atoms. The van der Waals surface area contributed by atoms with Gasteiger partial charge in [0.25, 0.3) is 0 Å². The lowest BCUT2D eigenvalue weighted by molar-refractivity contribution is 0.234. The number of anilines is 2. The molecule has 0 amide bonds. The summed E-state index contributed by atoms with van der Waals surface area (Å²) in [5.41, 5.74) is 6.29. The quantitative estimate of drug-likeness (QED) is 0.873. The normalized spacial score (nSPS) is 10.2. The number of aromatic nitrogens is 1. The molecule has 5 heteroatoms. The molecule has 4 nitrogen and oxygen atoms in total. The fourth-order valence-corrected chi connectivity index (χ4v) is 1.19. The minimum atomic E-state index is 0.0520. The van der Waals surface area contributed by atoms with Gasteiger partial charge in [-0.15, -0.1) is 0 Å². The van der Waals surface area contributed by atoms with E-state index < -0.39 is 0 Å². The van der Waals surface area contributed by atoms with E-state index in [1.807, 2.05) is 13.8 Å². The lowest BCUT2D eigenvalue weighted by Gasteiger charge is -2.12. The molecule has 16 heavy (non-hydrogen) atoms. The number of nitrogens with one attached hydrogen (secondary N) is 1. The van der Waals surface area contributed by atoms with E-state index >= 15 is 0 Å². The number of nitrogen functional groups attached to an aromatic ring is 1. The van der Waals surface area contributed by atoms with Crippen LogP contribution in [-0.4, -0.2) is 17.6 Å². The molecule has 0 unspecified atom stereocenters. The zero-order valence-electron chi connectivity index (χ0n) is 9.46. The van der Waals surface area contributed by atoms with Crippen LogP contribution >= 0.6 is 15.9 Å². The molecule has 3 N–H and O–H groups in total. The van der Waals surface area contributed by atoms with Crippen molar-refractivity contribution in [2.45, 2.75) is 20.0 Å². The lowest BCUT2D eigenvalue weighted by atomic mass is 10.4. The minimum absolute atomic E-state index is 0.0520. The molecule has 1 aromatic heterocycles. The van der Waals surface area contributed by atoms with Crippen LogP contribution in [0.25, 0.3) is 0 Å². The van der Waals surface area contributed by atoms with E-state index in [1.54, 1.807) is 12.1 Å². The highest BCUT2D eigenvalue weighted by atomic mass is 79.9. The zero-order valence-corrected chi connectivity index (χ0v) is 11.0. The van der Waals surface area contributed by atoms with Gasteiger partial charge in [0.05, 0.1) is 11.8 Å². The van der Waals surface area contributed by atoms with Gasteiger partial charge in [0.2, 0.25) is 5.88 Å². The van der Waals surface area contributed by atoms with E-state index in [-0.39, 0.29) is 6.10 Å². The van der Waals surface area contributed by atoms with Crippen molar-refractivity contribution in [2.24, 2.45) is 0 Å². The Bertz CT molecular complexity index is 379. The van der Waals surface area contributed by atoms with Crippen LogP contribution in [0.15, 0.2) is 23.2 Å². The van der Waals surface area contributed by atoms with Crippen molar-refractivity contribution in [1.82, 2.24) is 4.98 Å². The summed E-state index contributed by atoms with van der Waals surface area (Å²) in [6.45, 7) is 8.20. The predicted molar refractivity (Wildman–Crippen MR) is 71.0 cm³/mol. The molecular weight excluding hydrogens is 270 g/mol. The topological polar surface area (TPSA) is 60.2 Å². The fourth-order valence-electron chi connectivity index (χ4n) is 1.05. The summed E-state index contributed by atoms with van der Waals surface area (Å²) in [7, 11) is 0. The SMILES string of the molecule is C=C(Br)CNc1ccc(N)c(OC(C)C)n1. The number of rotatable bonds is 5. The summed E-state index contributed by atoms with van der Waals surface area (Å²) < 4.78 is 6.34. The molecule has 1 heterocycles. The van der Waals surface area contributed by atoms with Crippen LogP contribution < -0.4 is 15.8 Å². The zero-order chi connectivity index (χ0) is 12.1. The molecule has 0 saturated heterocycles. The second kappa shape index (κ2) is 5.75. The molecule has 0 aliphatic rings. The Morgan fingerprint density at radius 3 is 2.88 bits per heavy atom. The van der Waals surface area contributed by atoms with E-state index in [9.17, 15) is 0 Å². The first kappa shape index (κ1) is 12.8. The van der Waals surface area contributed by atoms with Crippen molar-refractivity contribution in [2.75, 3.05) is 17.6 Å². The van der Waals surface area contributed by atoms with Gasteiger partial charge in [0.15, 0.2) is 0 Å². The van der Waals surface area contributed by atoms with Crippen LogP contribution in [0.1, 0.15) is 13.8 Å². The van der Waals surface area contributed by atoms with Gasteiger partial charge in [-0.1, -0.05) is 22.5 Å². The van der Waals surface area contributed by atoms with E-state index in [0.29, 0.717) is 23.9 Å². The first-order valence-corrected chi connectivity index (χ1v) is 5.78. The summed E-state index contributed by atoms with van der Waals surface area (Å²) in [4.78, 5) is 4.26. The molecule has 0 atom stereocenters. The van der Waals surface area contributed by atoms with E-state index in [2.05, 4.69) is 32.8 Å². The molecule has 0 aromatic carbocycles. The van der Waals surface area contributed by atoms with Crippen LogP contribution in [0, 0.1) is 0 Å². The number of pyridine rings is 1. The Labute approximate surface area is 104 Å². The third-order valence-corrected chi connectivity index (χ3v) is 1.98. The smallest absolute Gasteiger partial charge is 0.239 e. The third kappa shape index (κ3) is 4.10. The second-order valence-electron chi connectivity index (χ2n) is 3.63. The molecule has 0 spiro atoms. The number of nitrogens with two attached hydrogens (primary N) is 1. The summed E-state index contributed by atoms with van der Waals surface area (Å²) in [5.74, 6) is 1.17. The predicted octanol–water partition coefficient (Wildman–Crippen LogP) is 2.77. The fraction of sp³-hybridized carbons (Fsp3) is 0.364. The highest BCUT2D eigenvalue weighted by molar-refractivity contribution is 9.11. The van der Waals surface area contributed by atoms with Crippen LogP contribution in [-0.2, 0) is 0 Å². The largest absolute Gasteiger partial charge is 0.473 e. The van der Waals surface area contributed by atoms with E-state index in [4.69, 9.17) is 10.5 Å². The average Bonchev–Trinajstić information content (AvgIpc) is 2.18. The molecule has 1 rings (SSSR count). The van der Waals surface area contributed by atoms with Gasteiger partial charge in [-0.25, -0.2) is 0 Å². The van der Waals surface area contributed by atoms with Crippen molar-refractivity contribution in [1.29, 1.82) is 0 Å². The molecule has 0 saturated carbocycles. The van der Waals surface area contributed by atoms with Gasteiger partial charge >= 0.3 is 0 Å². The summed E-state index contributed by atoms with van der Waals surface area (Å²) in [6, 6.07) is 3.57. The molecule has 88 valence electrons. The maximum atomic E-state index is 5.75. The maximum absolute atomic E-state index is 5.75. The number of nitrogens with zero attached hydrogens (tertiary/aromatic N) is 1. The lowest BCUT2D eigenvalue weighted by Crippen LogP contribution is -2.10. The van der Waals surface area contributed by atoms with Crippen molar-refractivity contribution in [3.63, 3.8) is 0 Å². The molecule has 0 aliphatic carbocycles. The standard InChI is InChI=1S/C11H16BrN3O/c1-7(2)16-11-9(13)4-5-10(15-11)14-6-8(3)12/h4-5,7H,3,6,13H2,1-2H3,(H,14,15). The Morgan fingerprint density at radius 1 is 1.62 bits per heavy atom. The van der Waals surface area contributed by atoms with Crippen molar-refractivity contribution < 1.29 is 4.74 Å². The van der Waals surface area contributed by atoms with Gasteiger partial charge < -0.3 is 15.8 Å². The highest BCUT2D eigenvalue weighted by Crippen LogP contribution is 2.22. The van der Waals surface area contributed by atoms with Crippen LogP contribution in [0.5, 0.6) is 5.88 Å². The Hall–Kier alpha value is -1.23. The van der Waals surface area contributed by atoms with Gasteiger partial charge in [-0.3, -0.25) is 0 Å². The first-order valence-electron chi connectivity index (χ1n) is 4.99. The van der Waals surface area contributed by atoms with Crippen molar-refractivity contribution in [3.05, 3.63) is 23.2 Å². The Kier molecular flexibility index (Phi) is 4.61. The van der Waals surface area contributed by atoms with Crippen LogP contribution in [0.2, 0.25) is 0 Å². The van der Waals surface area contributed by atoms with Crippen molar-refractivity contribution in [3.8, 4) is 5.88 Å². The second-order valence-corrected chi connectivity index (χ2v) is 4.75. The molecule has 0 fully saturated rings. The van der Waals surface area contributed by atoms with Crippen LogP contribution in [0.4, 0.5) is 11.5 Å². The third-order valence-electron chi connectivity index (χ3n) is 1.70. The number of halogens is 1. The van der Waals surface area contributed by atoms with Gasteiger partial charge in [-0.05, 0) is 26.0 Å². The van der Waals surface area contributed by atoms with E-state index in [0.717, 1.165) is 4.48 Å². The van der Waals surface area contributed by atoms with Gasteiger partial charge in [-0.2, -0.15) is 4.98 Å². The van der Waals surface area contributed by atoms with Gasteiger partial charge in [0, 0.05) is 11.0 Å². The molecule has 0 aliphatic heterocycles. The number of hydrogen-bond donors (Lipinski definition) is 2.